The van der Waals surface area contributed by atoms with Gasteiger partial charge < -0.3 is 0 Å². The molecular weight excluding hydrogens is 152 g/mol. The van der Waals surface area contributed by atoms with E-state index in [2.05, 4.69) is 4.98 Å². The molecule has 0 fully saturated rings. The predicted octanol–water partition coefficient (Wildman–Crippen LogP) is 0.909. The number of anilines is 1. The topological polar surface area (TPSA) is 33.2 Å². The summed E-state index contributed by atoms with van der Waals surface area (Å²) < 4.78 is 0. The average Bonchev–Trinajstić information content (AvgIpc) is 2.32. The fraction of sp³-hybridized carbons (Fsp3) is 0.333. The van der Waals surface area contributed by atoms with Crippen LogP contribution < -0.4 is 4.90 Å². The summed E-state index contributed by atoms with van der Waals surface area (Å²) in [6.07, 6.45) is 2.24. The highest BCUT2D eigenvalue weighted by Crippen LogP contribution is 2.26. The summed E-state index contributed by atoms with van der Waals surface area (Å²) in [6, 6.07) is 1.94. The van der Waals surface area contributed by atoms with E-state index >= 15 is 0 Å². The molecule has 2 rings (SSSR count). The zero-order chi connectivity index (χ0) is 8.72. The van der Waals surface area contributed by atoms with E-state index in [4.69, 9.17) is 0 Å². The summed E-state index contributed by atoms with van der Waals surface area (Å²) in [6.45, 7) is 2.01. The lowest BCUT2D eigenvalue weighted by molar-refractivity contribution is -0.117. The Morgan fingerprint density at radius 3 is 3.00 bits per heavy atom. The van der Waals surface area contributed by atoms with Gasteiger partial charge in [-0.05, 0) is 18.6 Å². The van der Waals surface area contributed by atoms with Crippen LogP contribution in [0.4, 0.5) is 5.82 Å². The number of carbonyl (C=O) groups excluding carboxylic acids is 1. The van der Waals surface area contributed by atoms with Crippen LogP contribution in [0.2, 0.25) is 0 Å². The van der Waals surface area contributed by atoms with Gasteiger partial charge in [-0.25, -0.2) is 4.98 Å². The molecule has 0 unspecified atom stereocenters. The molecule has 1 aliphatic rings. The minimum absolute atomic E-state index is 0.131. The summed E-state index contributed by atoms with van der Waals surface area (Å²) >= 11 is 0. The van der Waals surface area contributed by atoms with Gasteiger partial charge in [0.15, 0.2) is 0 Å². The highest BCUT2D eigenvalue weighted by atomic mass is 16.2. The van der Waals surface area contributed by atoms with Gasteiger partial charge in [0.1, 0.15) is 5.82 Å². The van der Waals surface area contributed by atoms with Crippen molar-refractivity contribution in [2.45, 2.75) is 13.3 Å². The van der Waals surface area contributed by atoms with Crippen LogP contribution in [0, 0.1) is 6.92 Å². The first-order chi connectivity index (χ1) is 5.70. The quantitative estimate of drug-likeness (QED) is 0.568. The zero-order valence-corrected chi connectivity index (χ0v) is 7.16. The highest BCUT2D eigenvalue weighted by molar-refractivity contribution is 6.00. The number of amides is 1. The summed E-state index contributed by atoms with van der Waals surface area (Å²) in [5.74, 6) is 0.951. The summed E-state index contributed by atoms with van der Waals surface area (Å²) in [4.78, 5) is 17.0. The number of hydrogen-bond acceptors (Lipinski definition) is 2. The van der Waals surface area contributed by atoms with Gasteiger partial charge in [0.2, 0.25) is 5.91 Å². The number of fused-ring (bicyclic) bond motifs is 1. The largest absolute Gasteiger partial charge is 0.299 e. The molecule has 0 radical (unpaired) electrons. The molecule has 3 nitrogen and oxygen atoms in total. The van der Waals surface area contributed by atoms with Crippen LogP contribution in [0.15, 0.2) is 12.3 Å². The van der Waals surface area contributed by atoms with Crippen molar-refractivity contribution in [1.82, 2.24) is 4.98 Å². The van der Waals surface area contributed by atoms with Crippen molar-refractivity contribution in [1.29, 1.82) is 0 Å². The van der Waals surface area contributed by atoms with E-state index in [1.54, 1.807) is 18.1 Å². The van der Waals surface area contributed by atoms with E-state index in [0.717, 1.165) is 16.9 Å². The van der Waals surface area contributed by atoms with Crippen molar-refractivity contribution in [2.75, 3.05) is 11.9 Å². The lowest BCUT2D eigenvalue weighted by Crippen LogP contribution is -2.21. The van der Waals surface area contributed by atoms with Gasteiger partial charge in [-0.2, -0.15) is 0 Å². The third kappa shape index (κ3) is 0.826. The van der Waals surface area contributed by atoms with Crippen LogP contribution in [0.5, 0.6) is 0 Å². The number of aromatic nitrogens is 1. The van der Waals surface area contributed by atoms with Gasteiger partial charge in [0.05, 0.1) is 6.42 Å². The normalized spacial score (nSPS) is 15.2. The van der Waals surface area contributed by atoms with Gasteiger partial charge in [0.25, 0.3) is 0 Å². The Morgan fingerprint density at radius 2 is 2.33 bits per heavy atom. The minimum atomic E-state index is 0.131. The standard InChI is InChI=1S/C9H10N2O/c1-6-3-4-10-9-7(6)5-8(12)11(9)2/h3-4H,5H2,1-2H3. The molecule has 0 saturated heterocycles. The Labute approximate surface area is 71.0 Å². The van der Waals surface area contributed by atoms with Gasteiger partial charge in [0, 0.05) is 18.8 Å². The molecule has 2 heterocycles. The molecule has 3 heteroatoms. The van der Waals surface area contributed by atoms with Crippen molar-refractivity contribution in [3.05, 3.63) is 23.4 Å². The molecule has 1 aromatic heterocycles. The molecule has 0 saturated carbocycles. The third-order valence-electron chi connectivity index (χ3n) is 2.29. The summed E-state index contributed by atoms with van der Waals surface area (Å²) in [5.41, 5.74) is 2.22. The van der Waals surface area contributed by atoms with Crippen molar-refractivity contribution >= 4 is 11.7 Å². The predicted molar refractivity (Wildman–Crippen MR) is 46.1 cm³/mol. The van der Waals surface area contributed by atoms with E-state index < -0.39 is 0 Å². The van der Waals surface area contributed by atoms with Crippen LogP contribution >= 0.6 is 0 Å². The molecule has 0 atom stereocenters. The maximum atomic E-state index is 11.3. The first-order valence-electron chi connectivity index (χ1n) is 3.91. The smallest absolute Gasteiger partial charge is 0.232 e. The second-order valence-corrected chi connectivity index (χ2v) is 3.06. The van der Waals surface area contributed by atoms with Crippen LogP contribution in [-0.2, 0) is 11.2 Å². The van der Waals surface area contributed by atoms with Crippen molar-refractivity contribution in [3.63, 3.8) is 0 Å². The molecule has 0 aliphatic carbocycles. The first kappa shape index (κ1) is 7.28. The lowest BCUT2D eigenvalue weighted by Gasteiger charge is -2.08. The Balaban J connectivity index is 2.60. The van der Waals surface area contributed by atoms with Crippen molar-refractivity contribution in [2.24, 2.45) is 0 Å². The Kier molecular flexibility index (Phi) is 1.40. The number of carbonyl (C=O) groups is 1. The molecule has 0 N–H and O–H groups in total. The SMILES string of the molecule is Cc1ccnc2c1CC(=O)N2C. The van der Waals surface area contributed by atoms with Crippen LogP contribution in [0.1, 0.15) is 11.1 Å². The van der Waals surface area contributed by atoms with Crippen LogP contribution in [-0.4, -0.2) is 17.9 Å². The molecule has 1 aromatic rings. The number of hydrogen-bond donors (Lipinski definition) is 0. The molecule has 1 aliphatic heterocycles. The lowest BCUT2D eigenvalue weighted by atomic mass is 10.1. The zero-order valence-electron chi connectivity index (χ0n) is 7.16. The summed E-state index contributed by atoms with van der Waals surface area (Å²) in [5, 5.41) is 0. The average molecular weight is 162 g/mol. The van der Waals surface area contributed by atoms with Gasteiger partial charge in [-0.3, -0.25) is 9.69 Å². The van der Waals surface area contributed by atoms with E-state index in [9.17, 15) is 4.79 Å². The van der Waals surface area contributed by atoms with Gasteiger partial charge >= 0.3 is 0 Å². The fourth-order valence-electron chi connectivity index (χ4n) is 1.47. The maximum absolute atomic E-state index is 11.3. The fourth-order valence-corrected chi connectivity index (χ4v) is 1.47. The number of pyridine rings is 1. The molecular formula is C9H10N2O. The molecule has 62 valence electrons. The molecule has 0 aromatic carbocycles. The van der Waals surface area contributed by atoms with E-state index in [1.807, 2.05) is 13.0 Å². The molecule has 0 spiro atoms. The monoisotopic (exact) mass is 162 g/mol. The maximum Gasteiger partial charge on any atom is 0.232 e. The minimum Gasteiger partial charge on any atom is -0.299 e. The van der Waals surface area contributed by atoms with Crippen LogP contribution in [0.25, 0.3) is 0 Å². The second-order valence-electron chi connectivity index (χ2n) is 3.06. The van der Waals surface area contributed by atoms with Gasteiger partial charge in [-0.15, -0.1) is 0 Å². The van der Waals surface area contributed by atoms with E-state index in [-0.39, 0.29) is 5.91 Å². The molecule has 0 bridgehead atoms. The second kappa shape index (κ2) is 2.30. The van der Waals surface area contributed by atoms with Crippen LogP contribution in [0.3, 0.4) is 0 Å². The number of likely N-dealkylation sites (N-methyl/N-ethyl adjacent to an activating group) is 1. The number of aryl methyl sites for hydroxylation is 1. The number of rotatable bonds is 0. The Morgan fingerprint density at radius 1 is 1.58 bits per heavy atom. The van der Waals surface area contributed by atoms with Gasteiger partial charge in [-0.1, -0.05) is 0 Å². The third-order valence-corrected chi connectivity index (χ3v) is 2.29. The molecule has 1 amide bonds. The van der Waals surface area contributed by atoms with E-state index in [1.165, 1.54) is 0 Å². The highest BCUT2D eigenvalue weighted by Gasteiger charge is 2.25. The number of nitrogens with zero attached hydrogens (tertiary/aromatic N) is 2. The first-order valence-corrected chi connectivity index (χ1v) is 3.91. The van der Waals surface area contributed by atoms with Crippen molar-refractivity contribution in [3.8, 4) is 0 Å². The molecule has 12 heavy (non-hydrogen) atoms. The Hall–Kier alpha value is -1.38. The summed E-state index contributed by atoms with van der Waals surface area (Å²) in [7, 11) is 1.76. The van der Waals surface area contributed by atoms with Crippen molar-refractivity contribution < 1.29 is 4.79 Å². The van der Waals surface area contributed by atoms with E-state index in [0.29, 0.717) is 6.42 Å². The Bertz CT molecular complexity index is 346.